The minimum absolute atomic E-state index is 0.0650. The predicted molar refractivity (Wildman–Crippen MR) is 94.1 cm³/mol. The van der Waals surface area contributed by atoms with Crippen molar-refractivity contribution in [2.45, 2.75) is 0 Å². The van der Waals surface area contributed by atoms with Gasteiger partial charge in [-0.2, -0.15) is 5.10 Å². The Kier molecular flexibility index (Phi) is 4.63. The molecule has 0 saturated heterocycles. The summed E-state index contributed by atoms with van der Waals surface area (Å²) in [6.07, 6.45) is 0. The zero-order chi connectivity index (χ0) is 18.0. The van der Waals surface area contributed by atoms with Gasteiger partial charge in [0.25, 0.3) is 0 Å². The fourth-order valence-corrected chi connectivity index (χ4v) is 2.68. The highest BCUT2D eigenvalue weighted by molar-refractivity contribution is 6.30. The van der Waals surface area contributed by atoms with Crippen LogP contribution in [0.25, 0.3) is 16.9 Å². The van der Waals surface area contributed by atoms with Gasteiger partial charge in [-0.25, -0.2) is 9.48 Å². The van der Waals surface area contributed by atoms with Crippen molar-refractivity contribution in [1.82, 2.24) is 9.78 Å². The summed E-state index contributed by atoms with van der Waals surface area (Å²) in [5.41, 5.74) is 1.92. The number of halogens is 1. The Morgan fingerprint density at radius 3 is 2.48 bits per heavy atom. The Hall–Kier alpha value is -2.99. The Morgan fingerprint density at radius 1 is 1.08 bits per heavy atom. The lowest BCUT2D eigenvalue weighted by Gasteiger charge is -2.11. The number of carboxylic acids is 1. The van der Waals surface area contributed by atoms with E-state index in [-0.39, 0.29) is 5.69 Å². The maximum absolute atomic E-state index is 11.4. The summed E-state index contributed by atoms with van der Waals surface area (Å²) in [5.74, 6) is 0.0109. The van der Waals surface area contributed by atoms with Gasteiger partial charge in [-0.15, -0.1) is 0 Å². The largest absolute Gasteiger partial charge is 0.493 e. The van der Waals surface area contributed by atoms with E-state index in [2.05, 4.69) is 5.10 Å². The topological polar surface area (TPSA) is 73.6 Å². The lowest BCUT2D eigenvalue weighted by molar-refractivity contribution is 0.0690. The second kappa shape index (κ2) is 6.86. The highest BCUT2D eigenvalue weighted by atomic mass is 35.5. The van der Waals surface area contributed by atoms with Gasteiger partial charge < -0.3 is 14.6 Å². The third-order valence-corrected chi connectivity index (χ3v) is 3.90. The highest BCUT2D eigenvalue weighted by Crippen LogP contribution is 2.33. The van der Waals surface area contributed by atoms with E-state index in [9.17, 15) is 9.90 Å². The molecule has 3 rings (SSSR count). The van der Waals surface area contributed by atoms with E-state index >= 15 is 0 Å². The van der Waals surface area contributed by atoms with Crippen LogP contribution in [-0.4, -0.2) is 35.1 Å². The Balaban J connectivity index is 2.20. The molecule has 6 nitrogen and oxygen atoms in total. The first-order valence-electron chi connectivity index (χ1n) is 7.35. The monoisotopic (exact) mass is 358 g/mol. The molecule has 0 fully saturated rings. The van der Waals surface area contributed by atoms with Crippen LogP contribution in [0.1, 0.15) is 10.5 Å². The molecule has 0 spiro atoms. The van der Waals surface area contributed by atoms with Gasteiger partial charge in [0, 0.05) is 10.6 Å². The molecule has 1 heterocycles. The van der Waals surface area contributed by atoms with Crippen molar-refractivity contribution in [3.63, 3.8) is 0 Å². The smallest absolute Gasteiger partial charge is 0.356 e. The standard InChI is InChI=1S/C18H15ClN2O4/c1-24-16-7-6-11(8-17(16)25-2)15-10-14(18(22)23)20-21(15)13-5-3-4-12(19)9-13/h3-10H,1-2H3,(H,22,23). The van der Waals surface area contributed by atoms with Crippen LogP contribution >= 0.6 is 11.6 Å². The third-order valence-electron chi connectivity index (χ3n) is 3.66. The quantitative estimate of drug-likeness (QED) is 0.748. The average Bonchev–Trinajstić information content (AvgIpc) is 3.07. The van der Waals surface area contributed by atoms with E-state index in [1.165, 1.54) is 10.7 Å². The number of aromatic carboxylic acids is 1. The second-order valence-electron chi connectivity index (χ2n) is 5.18. The van der Waals surface area contributed by atoms with Crippen molar-refractivity contribution in [2.24, 2.45) is 0 Å². The van der Waals surface area contributed by atoms with Gasteiger partial charge in [-0.05, 0) is 42.5 Å². The molecule has 128 valence electrons. The molecule has 0 aliphatic rings. The van der Waals surface area contributed by atoms with E-state index in [4.69, 9.17) is 21.1 Å². The van der Waals surface area contributed by atoms with Crippen molar-refractivity contribution in [3.05, 3.63) is 59.2 Å². The highest BCUT2D eigenvalue weighted by Gasteiger charge is 2.17. The molecule has 3 aromatic rings. The minimum atomic E-state index is -1.11. The number of carboxylic acid groups (broad SMARTS) is 1. The van der Waals surface area contributed by atoms with Crippen LogP contribution in [0.5, 0.6) is 11.5 Å². The summed E-state index contributed by atoms with van der Waals surface area (Å²) >= 11 is 6.06. The number of hydrogen-bond donors (Lipinski definition) is 1. The predicted octanol–water partition coefficient (Wildman–Crippen LogP) is 3.91. The van der Waals surface area contributed by atoms with Gasteiger partial charge in [-0.3, -0.25) is 0 Å². The van der Waals surface area contributed by atoms with Crippen LogP contribution in [-0.2, 0) is 0 Å². The average molecular weight is 359 g/mol. The van der Waals surface area contributed by atoms with Crippen molar-refractivity contribution < 1.29 is 19.4 Å². The second-order valence-corrected chi connectivity index (χ2v) is 5.62. The van der Waals surface area contributed by atoms with E-state index in [0.717, 1.165) is 5.56 Å². The third kappa shape index (κ3) is 3.29. The molecule has 0 aliphatic heterocycles. The number of rotatable bonds is 5. The van der Waals surface area contributed by atoms with Crippen molar-refractivity contribution in [1.29, 1.82) is 0 Å². The normalized spacial score (nSPS) is 10.5. The summed E-state index contributed by atoms with van der Waals surface area (Å²) in [6.45, 7) is 0. The van der Waals surface area contributed by atoms with Gasteiger partial charge in [0.05, 0.1) is 25.6 Å². The van der Waals surface area contributed by atoms with Gasteiger partial charge in [-0.1, -0.05) is 17.7 Å². The lowest BCUT2D eigenvalue weighted by Crippen LogP contribution is -2.02. The minimum Gasteiger partial charge on any atom is -0.493 e. The first-order chi connectivity index (χ1) is 12.0. The summed E-state index contributed by atoms with van der Waals surface area (Å²) in [6, 6.07) is 13.9. The number of carbonyl (C=O) groups is 1. The lowest BCUT2D eigenvalue weighted by atomic mass is 10.1. The van der Waals surface area contributed by atoms with Crippen LogP contribution in [0.4, 0.5) is 0 Å². The first kappa shape index (κ1) is 16.9. The number of benzene rings is 2. The van der Waals surface area contributed by atoms with Crippen LogP contribution in [0.3, 0.4) is 0 Å². The zero-order valence-corrected chi connectivity index (χ0v) is 14.3. The maximum atomic E-state index is 11.4. The molecule has 0 radical (unpaired) electrons. The van der Waals surface area contributed by atoms with E-state index < -0.39 is 5.97 Å². The van der Waals surface area contributed by atoms with Crippen LogP contribution in [0, 0.1) is 0 Å². The molecule has 1 N–H and O–H groups in total. The zero-order valence-electron chi connectivity index (χ0n) is 13.6. The number of nitrogens with zero attached hydrogens (tertiary/aromatic N) is 2. The molecular formula is C18H15ClN2O4. The molecular weight excluding hydrogens is 344 g/mol. The molecule has 0 unspecified atom stereocenters. The number of aromatic nitrogens is 2. The van der Waals surface area contributed by atoms with Crippen molar-refractivity contribution in [2.75, 3.05) is 14.2 Å². The van der Waals surface area contributed by atoms with Crippen molar-refractivity contribution in [3.8, 4) is 28.4 Å². The molecule has 7 heteroatoms. The molecule has 1 aromatic heterocycles. The molecule has 25 heavy (non-hydrogen) atoms. The molecule has 0 amide bonds. The molecule has 0 saturated carbocycles. The van der Waals surface area contributed by atoms with Gasteiger partial charge in [0.1, 0.15) is 0 Å². The van der Waals surface area contributed by atoms with Crippen LogP contribution in [0.15, 0.2) is 48.5 Å². The van der Waals surface area contributed by atoms with Crippen LogP contribution < -0.4 is 9.47 Å². The number of methoxy groups -OCH3 is 2. The number of ether oxygens (including phenoxy) is 2. The SMILES string of the molecule is COc1ccc(-c2cc(C(=O)O)nn2-c2cccc(Cl)c2)cc1OC. The van der Waals surface area contributed by atoms with E-state index in [0.29, 0.717) is 27.9 Å². The Morgan fingerprint density at radius 2 is 1.84 bits per heavy atom. The molecule has 0 aliphatic carbocycles. The fourth-order valence-electron chi connectivity index (χ4n) is 2.49. The Bertz CT molecular complexity index is 937. The van der Waals surface area contributed by atoms with Gasteiger partial charge in [0.2, 0.25) is 0 Å². The van der Waals surface area contributed by atoms with E-state index in [1.807, 2.05) is 6.07 Å². The molecule has 0 atom stereocenters. The summed E-state index contributed by atoms with van der Waals surface area (Å²) < 4.78 is 12.1. The molecule has 0 bridgehead atoms. The molecule has 2 aromatic carbocycles. The maximum Gasteiger partial charge on any atom is 0.356 e. The van der Waals surface area contributed by atoms with Gasteiger partial charge in [0.15, 0.2) is 17.2 Å². The van der Waals surface area contributed by atoms with Crippen LogP contribution in [0.2, 0.25) is 5.02 Å². The number of hydrogen-bond acceptors (Lipinski definition) is 4. The van der Waals surface area contributed by atoms with Crippen molar-refractivity contribution >= 4 is 17.6 Å². The first-order valence-corrected chi connectivity index (χ1v) is 7.73. The summed E-state index contributed by atoms with van der Waals surface area (Å²) in [5, 5.41) is 14.0. The summed E-state index contributed by atoms with van der Waals surface area (Å²) in [7, 11) is 3.09. The summed E-state index contributed by atoms with van der Waals surface area (Å²) in [4.78, 5) is 11.4. The van der Waals surface area contributed by atoms with E-state index in [1.54, 1.807) is 50.6 Å². The van der Waals surface area contributed by atoms with Gasteiger partial charge >= 0.3 is 5.97 Å². The fraction of sp³-hybridized carbons (Fsp3) is 0.111. The Labute approximate surface area is 149 Å².